The Kier molecular flexibility index (Phi) is 7.77. The van der Waals surface area contributed by atoms with E-state index in [1.54, 1.807) is 17.9 Å². The Labute approximate surface area is 121 Å². The highest BCUT2D eigenvalue weighted by Crippen LogP contribution is 2.09. The molecule has 114 valence electrons. The van der Waals surface area contributed by atoms with Gasteiger partial charge in [0.2, 0.25) is 0 Å². The number of amides is 1. The lowest BCUT2D eigenvalue weighted by Crippen LogP contribution is -2.25. The molecule has 0 unspecified atom stereocenters. The zero-order valence-electron chi connectivity index (χ0n) is 12.8. The molecule has 0 fully saturated rings. The summed E-state index contributed by atoms with van der Waals surface area (Å²) < 4.78 is 1.56. The summed E-state index contributed by atoms with van der Waals surface area (Å²) in [4.78, 5) is 11.8. The maximum atomic E-state index is 11.8. The third-order valence-corrected chi connectivity index (χ3v) is 3.39. The molecule has 0 aliphatic carbocycles. The number of carbonyl (C=O) groups is 1. The molecule has 0 bridgehead atoms. The molecule has 0 saturated carbocycles. The third kappa shape index (κ3) is 6.08. The largest absolute Gasteiger partial charge is 0.396 e. The minimum atomic E-state index is -0.175. The van der Waals surface area contributed by atoms with Crippen molar-refractivity contribution in [1.82, 2.24) is 15.1 Å². The van der Waals surface area contributed by atoms with Gasteiger partial charge < -0.3 is 11.1 Å². The summed E-state index contributed by atoms with van der Waals surface area (Å²) in [5.74, 6) is -0.175. The van der Waals surface area contributed by atoms with Crippen LogP contribution in [-0.2, 0) is 7.05 Å². The van der Waals surface area contributed by atoms with Crippen LogP contribution >= 0.6 is 0 Å². The number of nitrogens with two attached hydrogens (primary N) is 1. The van der Waals surface area contributed by atoms with Gasteiger partial charge in [-0.2, -0.15) is 5.10 Å². The summed E-state index contributed by atoms with van der Waals surface area (Å²) in [7, 11) is 1.76. The number of nitrogens with one attached hydrogen (secondary N) is 1. The van der Waals surface area contributed by atoms with E-state index in [0.29, 0.717) is 17.9 Å². The van der Waals surface area contributed by atoms with Crippen molar-refractivity contribution in [1.29, 1.82) is 0 Å². The van der Waals surface area contributed by atoms with Gasteiger partial charge in [-0.25, -0.2) is 0 Å². The van der Waals surface area contributed by atoms with Gasteiger partial charge in [0.1, 0.15) is 0 Å². The smallest absolute Gasteiger partial charge is 0.273 e. The van der Waals surface area contributed by atoms with E-state index in [0.717, 1.165) is 6.42 Å². The van der Waals surface area contributed by atoms with Crippen LogP contribution in [0.3, 0.4) is 0 Å². The summed E-state index contributed by atoms with van der Waals surface area (Å²) in [6.07, 6.45) is 11.7. The van der Waals surface area contributed by atoms with E-state index in [9.17, 15) is 4.79 Å². The summed E-state index contributed by atoms with van der Waals surface area (Å²) in [5, 5.41) is 6.92. The monoisotopic (exact) mass is 280 g/mol. The zero-order chi connectivity index (χ0) is 14.8. The minimum Gasteiger partial charge on any atom is -0.396 e. The normalized spacial score (nSPS) is 10.7. The molecule has 0 aliphatic rings. The fourth-order valence-corrected chi connectivity index (χ4v) is 2.23. The van der Waals surface area contributed by atoms with Crippen molar-refractivity contribution in [3.63, 3.8) is 0 Å². The lowest BCUT2D eigenvalue weighted by atomic mass is 10.1. The van der Waals surface area contributed by atoms with Crippen molar-refractivity contribution in [2.45, 2.75) is 58.3 Å². The average Bonchev–Trinajstić information content (AvgIpc) is 2.75. The van der Waals surface area contributed by atoms with Gasteiger partial charge in [0.25, 0.3) is 5.91 Å². The standard InChI is InChI=1S/C15H28N4O/c1-3-4-5-6-7-8-9-10-11-17-15(20)14-13(16)12-19(2)18-14/h12H,3-11,16H2,1-2H3,(H,17,20). The summed E-state index contributed by atoms with van der Waals surface area (Å²) >= 11 is 0. The molecule has 1 amide bonds. The fraction of sp³-hybridized carbons (Fsp3) is 0.733. The summed E-state index contributed by atoms with van der Waals surface area (Å²) in [6, 6.07) is 0. The highest BCUT2D eigenvalue weighted by molar-refractivity contribution is 5.96. The maximum absolute atomic E-state index is 11.8. The van der Waals surface area contributed by atoms with Crippen LogP contribution in [0.2, 0.25) is 0 Å². The molecule has 5 nitrogen and oxygen atoms in total. The van der Waals surface area contributed by atoms with Gasteiger partial charge in [0.05, 0.1) is 5.69 Å². The number of hydrogen-bond acceptors (Lipinski definition) is 3. The van der Waals surface area contributed by atoms with Crippen LogP contribution in [-0.4, -0.2) is 22.2 Å². The molecular formula is C15H28N4O. The van der Waals surface area contributed by atoms with Crippen molar-refractivity contribution < 1.29 is 4.79 Å². The van der Waals surface area contributed by atoms with Crippen LogP contribution in [0.1, 0.15) is 68.8 Å². The first-order chi connectivity index (χ1) is 9.65. The number of anilines is 1. The van der Waals surface area contributed by atoms with E-state index in [4.69, 9.17) is 5.73 Å². The van der Waals surface area contributed by atoms with Crippen LogP contribution in [0.4, 0.5) is 5.69 Å². The molecule has 1 aromatic rings. The van der Waals surface area contributed by atoms with Gasteiger partial charge in [-0.1, -0.05) is 51.9 Å². The molecule has 0 radical (unpaired) electrons. The SMILES string of the molecule is CCCCCCCCCCNC(=O)c1nn(C)cc1N. The first kappa shape index (κ1) is 16.5. The molecule has 5 heteroatoms. The van der Waals surface area contributed by atoms with Gasteiger partial charge in [-0.05, 0) is 6.42 Å². The van der Waals surface area contributed by atoms with E-state index in [2.05, 4.69) is 17.3 Å². The van der Waals surface area contributed by atoms with E-state index >= 15 is 0 Å². The van der Waals surface area contributed by atoms with Crippen LogP contribution in [0, 0.1) is 0 Å². The quantitative estimate of drug-likeness (QED) is 0.647. The van der Waals surface area contributed by atoms with E-state index in [1.807, 2.05) is 0 Å². The number of aromatic nitrogens is 2. The van der Waals surface area contributed by atoms with Crippen molar-refractivity contribution in [3.05, 3.63) is 11.9 Å². The number of unbranched alkanes of at least 4 members (excludes halogenated alkanes) is 7. The van der Waals surface area contributed by atoms with E-state index in [-0.39, 0.29) is 5.91 Å². The second kappa shape index (κ2) is 9.39. The van der Waals surface area contributed by atoms with Gasteiger partial charge in [-0.3, -0.25) is 9.48 Å². The van der Waals surface area contributed by atoms with Crippen LogP contribution < -0.4 is 11.1 Å². The lowest BCUT2D eigenvalue weighted by molar-refractivity contribution is 0.0948. The molecule has 3 N–H and O–H groups in total. The summed E-state index contributed by atoms with van der Waals surface area (Å²) in [6.45, 7) is 2.93. The number of nitrogen functional groups attached to an aromatic ring is 1. The topological polar surface area (TPSA) is 72.9 Å². The predicted octanol–water partition coefficient (Wildman–Crippen LogP) is 2.87. The molecule has 1 heterocycles. The lowest BCUT2D eigenvalue weighted by Gasteiger charge is -2.04. The van der Waals surface area contributed by atoms with Crippen LogP contribution in [0.15, 0.2) is 6.20 Å². The molecule has 0 aliphatic heterocycles. The number of carbonyl (C=O) groups excluding carboxylic acids is 1. The average molecular weight is 280 g/mol. The zero-order valence-corrected chi connectivity index (χ0v) is 12.8. The third-order valence-electron chi connectivity index (χ3n) is 3.39. The molecule has 20 heavy (non-hydrogen) atoms. The Hall–Kier alpha value is -1.52. The first-order valence-electron chi connectivity index (χ1n) is 7.72. The molecule has 0 atom stereocenters. The van der Waals surface area contributed by atoms with Gasteiger partial charge >= 0.3 is 0 Å². The molecular weight excluding hydrogens is 252 g/mol. The van der Waals surface area contributed by atoms with Crippen molar-refractivity contribution >= 4 is 11.6 Å². The molecule has 1 rings (SSSR count). The van der Waals surface area contributed by atoms with E-state index in [1.165, 1.54) is 44.9 Å². The van der Waals surface area contributed by atoms with Crippen molar-refractivity contribution in [3.8, 4) is 0 Å². The van der Waals surface area contributed by atoms with E-state index < -0.39 is 0 Å². The summed E-state index contributed by atoms with van der Waals surface area (Å²) in [5.41, 5.74) is 6.47. The minimum absolute atomic E-state index is 0.175. The van der Waals surface area contributed by atoms with Crippen molar-refractivity contribution in [2.75, 3.05) is 12.3 Å². The Morgan fingerprint density at radius 3 is 2.35 bits per heavy atom. The van der Waals surface area contributed by atoms with Crippen LogP contribution in [0.25, 0.3) is 0 Å². The Balaban J connectivity index is 2.04. The van der Waals surface area contributed by atoms with Gasteiger partial charge in [-0.15, -0.1) is 0 Å². The molecule has 0 saturated heterocycles. The van der Waals surface area contributed by atoms with Gasteiger partial charge in [0.15, 0.2) is 5.69 Å². The first-order valence-corrected chi connectivity index (χ1v) is 7.72. The maximum Gasteiger partial charge on any atom is 0.273 e. The highest BCUT2D eigenvalue weighted by Gasteiger charge is 2.12. The van der Waals surface area contributed by atoms with Crippen molar-refractivity contribution in [2.24, 2.45) is 7.05 Å². The Bertz CT molecular complexity index is 401. The second-order valence-electron chi connectivity index (χ2n) is 5.34. The molecule has 1 aromatic heterocycles. The fourth-order valence-electron chi connectivity index (χ4n) is 2.23. The molecule has 0 aromatic carbocycles. The van der Waals surface area contributed by atoms with Crippen LogP contribution in [0.5, 0.6) is 0 Å². The number of nitrogens with zero attached hydrogens (tertiary/aromatic N) is 2. The Morgan fingerprint density at radius 2 is 1.80 bits per heavy atom. The molecule has 0 spiro atoms. The highest BCUT2D eigenvalue weighted by atomic mass is 16.1. The number of hydrogen-bond donors (Lipinski definition) is 2. The Morgan fingerprint density at radius 1 is 1.20 bits per heavy atom. The van der Waals surface area contributed by atoms with Gasteiger partial charge in [0, 0.05) is 19.8 Å². The number of aryl methyl sites for hydroxylation is 1. The number of rotatable bonds is 10. The predicted molar refractivity (Wildman–Crippen MR) is 82.6 cm³/mol. The second-order valence-corrected chi connectivity index (χ2v) is 5.34.